The van der Waals surface area contributed by atoms with E-state index in [1.807, 2.05) is 4.90 Å². The van der Waals surface area contributed by atoms with E-state index in [9.17, 15) is 4.79 Å². The first-order valence-corrected chi connectivity index (χ1v) is 7.63. The summed E-state index contributed by atoms with van der Waals surface area (Å²) in [5.41, 5.74) is 6.88. The van der Waals surface area contributed by atoms with Crippen LogP contribution in [0.5, 0.6) is 0 Å². The predicted octanol–water partition coefficient (Wildman–Crippen LogP) is 1.44. The van der Waals surface area contributed by atoms with Gasteiger partial charge in [0, 0.05) is 12.1 Å². The summed E-state index contributed by atoms with van der Waals surface area (Å²) in [5, 5.41) is 3.22. The van der Waals surface area contributed by atoms with Crippen molar-refractivity contribution in [1.82, 2.24) is 15.2 Å². The van der Waals surface area contributed by atoms with Crippen molar-refractivity contribution < 1.29 is 4.79 Å². The first-order chi connectivity index (χ1) is 9.04. The Morgan fingerprint density at radius 2 is 2.26 bits per heavy atom. The summed E-state index contributed by atoms with van der Waals surface area (Å²) in [6.07, 6.45) is 1.82. The van der Waals surface area contributed by atoms with Crippen LogP contribution in [-0.2, 0) is 0 Å². The summed E-state index contributed by atoms with van der Waals surface area (Å²) < 4.78 is 1.62. The normalized spacial score (nSPS) is 31.7. The van der Waals surface area contributed by atoms with Crippen molar-refractivity contribution in [3.8, 4) is 0 Å². The Morgan fingerprint density at radius 1 is 1.47 bits per heavy atom. The molecule has 3 aliphatic heterocycles. The lowest BCUT2D eigenvalue weighted by Gasteiger charge is -2.42. The Labute approximate surface area is 126 Å². The maximum absolute atomic E-state index is 12.6. The largest absolute Gasteiger partial charge is 0.370 e. The van der Waals surface area contributed by atoms with E-state index >= 15 is 0 Å². The van der Waals surface area contributed by atoms with Crippen LogP contribution in [0.15, 0.2) is 14.1 Å². The first kappa shape index (κ1) is 11.8. The number of amides is 1. The number of carbonyl (C=O) groups excluding carboxylic acids is 1. The molecule has 2 atom stereocenters. The van der Waals surface area contributed by atoms with Gasteiger partial charge in [-0.1, -0.05) is 0 Å². The quantitative estimate of drug-likeness (QED) is 0.628. The molecule has 0 aromatic carbocycles. The molecule has 6 nitrogen and oxygen atoms in total. The van der Waals surface area contributed by atoms with Crippen molar-refractivity contribution in [2.75, 3.05) is 6.54 Å². The molecule has 0 bridgehead atoms. The number of nitrogens with zero attached hydrogens (tertiary/aromatic N) is 2. The van der Waals surface area contributed by atoms with Crippen LogP contribution in [0.3, 0.4) is 0 Å². The van der Waals surface area contributed by atoms with Crippen LogP contribution in [-0.4, -0.2) is 34.0 Å². The number of hydrogen-bond acceptors (Lipinski definition) is 4. The zero-order valence-corrected chi connectivity index (χ0v) is 13.0. The van der Waals surface area contributed by atoms with E-state index in [1.54, 1.807) is 0 Å². The number of aromatic amines is 1. The van der Waals surface area contributed by atoms with E-state index < -0.39 is 5.66 Å². The van der Waals surface area contributed by atoms with Crippen molar-refractivity contribution in [2.24, 2.45) is 10.7 Å². The molecule has 4 heterocycles. The molecular formula is C11H11Br2N5O. The monoisotopic (exact) mass is 387 g/mol. The second-order valence-corrected chi connectivity index (χ2v) is 6.65. The number of rotatable bonds is 0. The van der Waals surface area contributed by atoms with Crippen molar-refractivity contribution >= 4 is 43.7 Å². The predicted molar refractivity (Wildman–Crippen MR) is 76.7 cm³/mol. The average molecular weight is 389 g/mol. The molecule has 1 spiro atoms. The maximum Gasteiger partial charge on any atom is 0.272 e. The third kappa shape index (κ3) is 1.26. The van der Waals surface area contributed by atoms with Gasteiger partial charge < -0.3 is 20.9 Å². The molecule has 4 rings (SSSR count). The lowest BCUT2D eigenvalue weighted by atomic mass is 9.88. The van der Waals surface area contributed by atoms with Gasteiger partial charge in [-0.2, -0.15) is 0 Å². The van der Waals surface area contributed by atoms with Gasteiger partial charge in [0.2, 0.25) is 0 Å². The molecule has 100 valence electrons. The van der Waals surface area contributed by atoms with Crippen molar-refractivity contribution in [1.29, 1.82) is 0 Å². The van der Waals surface area contributed by atoms with Crippen LogP contribution < -0.4 is 11.1 Å². The number of carbonyl (C=O) groups is 1. The van der Waals surface area contributed by atoms with Gasteiger partial charge in [-0.25, -0.2) is 4.99 Å². The summed E-state index contributed by atoms with van der Waals surface area (Å²) in [5.74, 6) is 0.411. The van der Waals surface area contributed by atoms with E-state index in [0.717, 1.165) is 34.0 Å². The third-order valence-electron chi connectivity index (χ3n) is 4.15. The molecule has 0 saturated carbocycles. The highest BCUT2D eigenvalue weighted by Gasteiger charge is 2.58. The highest BCUT2D eigenvalue weighted by molar-refractivity contribution is 9.13. The van der Waals surface area contributed by atoms with Gasteiger partial charge in [-0.3, -0.25) is 4.79 Å². The Kier molecular flexibility index (Phi) is 2.20. The van der Waals surface area contributed by atoms with Crippen LogP contribution in [0.4, 0.5) is 0 Å². The second-order valence-electron chi connectivity index (χ2n) is 5.07. The van der Waals surface area contributed by atoms with Gasteiger partial charge in [0.25, 0.3) is 5.91 Å². The minimum atomic E-state index is -0.474. The van der Waals surface area contributed by atoms with Crippen molar-refractivity contribution in [3.63, 3.8) is 0 Å². The van der Waals surface area contributed by atoms with Gasteiger partial charge in [0.05, 0.1) is 9.08 Å². The lowest BCUT2D eigenvalue weighted by Crippen LogP contribution is -2.61. The summed E-state index contributed by atoms with van der Waals surface area (Å²) in [6.45, 7) is 0.735. The smallest absolute Gasteiger partial charge is 0.272 e. The number of aromatic nitrogens is 1. The van der Waals surface area contributed by atoms with Crippen molar-refractivity contribution in [2.45, 2.75) is 24.5 Å². The van der Waals surface area contributed by atoms with Crippen LogP contribution in [0.25, 0.3) is 0 Å². The number of hydrogen-bond donors (Lipinski definition) is 3. The fraction of sp³-hybridized carbons (Fsp3) is 0.455. The summed E-state index contributed by atoms with van der Waals surface area (Å²) in [7, 11) is 0. The zero-order chi connectivity index (χ0) is 13.4. The molecule has 4 N–H and O–H groups in total. The minimum absolute atomic E-state index is 0.00699. The first-order valence-electron chi connectivity index (χ1n) is 6.05. The van der Waals surface area contributed by atoms with Crippen LogP contribution in [0.1, 0.15) is 34.9 Å². The minimum Gasteiger partial charge on any atom is -0.370 e. The molecule has 1 saturated heterocycles. The molecule has 0 unspecified atom stereocenters. The van der Waals surface area contributed by atoms with E-state index in [2.05, 4.69) is 47.2 Å². The SMILES string of the molecule is NC1=N[C@@H]2c3c([nH]c(Br)c3Br)C(=O)N3CCC[C@@]23N1. The Hall–Kier alpha value is -1.02. The second kappa shape index (κ2) is 3.54. The summed E-state index contributed by atoms with van der Waals surface area (Å²) in [6, 6.07) is -0.153. The number of fused-ring (bicyclic) bond motifs is 2. The van der Waals surface area contributed by atoms with Gasteiger partial charge in [0.15, 0.2) is 5.96 Å². The van der Waals surface area contributed by atoms with Crippen LogP contribution >= 0.6 is 31.9 Å². The Morgan fingerprint density at radius 3 is 3.05 bits per heavy atom. The van der Waals surface area contributed by atoms with Gasteiger partial charge in [-0.15, -0.1) is 0 Å². The standard InChI is InChI=1S/C11H11Br2N5O/c12-5-4-6(15-8(5)13)9(19)18-3-1-2-11(18)7(4)16-10(14)17-11/h7,15H,1-3H2,(H3,14,16,17)/t7-,11+/m1/s1. The average Bonchev–Trinajstić information content (AvgIpc) is 2.99. The highest BCUT2D eigenvalue weighted by atomic mass is 79.9. The van der Waals surface area contributed by atoms with E-state index in [0.29, 0.717) is 11.7 Å². The zero-order valence-electron chi connectivity index (χ0n) is 9.83. The maximum atomic E-state index is 12.6. The summed E-state index contributed by atoms with van der Waals surface area (Å²) in [4.78, 5) is 22.1. The van der Waals surface area contributed by atoms with Crippen molar-refractivity contribution in [3.05, 3.63) is 20.3 Å². The molecule has 8 heteroatoms. The molecule has 19 heavy (non-hydrogen) atoms. The number of halogens is 2. The van der Waals surface area contributed by atoms with Gasteiger partial charge in [-0.05, 0) is 44.7 Å². The van der Waals surface area contributed by atoms with E-state index in [1.165, 1.54) is 0 Å². The van der Waals surface area contributed by atoms with E-state index in [-0.39, 0.29) is 11.9 Å². The fourth-order valence-electron chi connectivity index (χ4n) is 3.43. The van der Waals surface area contributed by atoms with Crippen LogP contribution in [0, 0.1) is 0 Å². The molecule has 1 aromatic heterocycles. The summed E-state index contributed by atoms with van der Waals surface area (Å²) >= 11 is 6.95. The molecule has 1 fully saturated rings. The lowest BCUT2D eigenvalue weighted by molar-refractivity contribution is 0.0464. The number of H-pyrrole nitrogens is 1. The third-order valence-corrected chi connectivity index (χ3v) is 6.10. The Balaban J connectivity index is 2.01. The molecule has 0 aliphatic carbocycles. The Bertz CT molecular complexity index is 639. The van der Waals surface area contributed by atoms with Gasteiger partial charge >= 0.3 is 0 Å². The van der Waals surface area contributed by atoms with Crippen LogP contribution in [0.2, 0.25) is 0 Å². The topological polar surface area (TPSA) is 86.5 Å². The molecule has 1 aromatic rings. The molecule has 0 radical (unpaired) electrons. The molecule has 3 aliphatic rings. The van der Waals surface area contributed by atoms with E-state index in [4.69, 9.17) is 5.73 Å². The number of nitrogens with one attached hydrogen (secondary N) is 2. The number of aliphatic imine (C=N–C) groups is 1. The fourth-order valence-corrected chi connectivity index (χ4v) is 4.36. The number of guanidine groups is 1. The number of nitrogens with two attached hydrogens (primary N) is 1. The molecule has 1 amide bonds. The highest BCUT2D eigenvalue weighted by Crippen LogP contribution is 2.51. The molecular weight excluding hydrogens is 378 g/mol. The van der Waals surface area contributed by atoms with Gasteiger partial charge in [0.1, 0.15) is 17.4 Å².